The third-order valence-electron chi connectivity index (χ3n) is 7.03. The van der Waals surface area contributed by atoms with Crippen LogP contribution in [0.15, 0.2) is 54.7 Å². The Kier molecular flexibility index (Phi) is 6.35. The molecule has 1 aromatic carbocycles. The van der Waals surface area contributed by atoms with Gasteiger partial charge in [-0.2, -0.15) is 0 Å². The minimum absolute atomic E-state index is 0.0239. The zero-order chi connectivity index (χ0) is 20.9. The van der Waals surface area contributed by atoms with E-state index in [9.17, 15) is 0 Å². The topological polar surface area (TPSA) is 59.7 Å². The second-order valence-corrected chi connectivity index (χ2v) is 9.10. The molecule has 2 aliphatic rings. The van der Waals surface area contributed by atoms with E-state index in [1.807, 2.05) is 12.3 Å². The number of tetrazole rings is 1. The lowest BCUT2D eigenvalue weighted by Crippen LogP contribution is -2.39. The van der Waals surface area contributed by atoms with Crippen molar-refractivity contribution in [3.63, 3.8) is 0 Å². The van der Waals surface area contributed by atoms with Crippen molar-refractivity contribution in [2.24, 2.45) is 5.92 Å². The number of hydrogen-bond acceptors (Lipinski definition) is 5. The van der Waals surface area contributed by atoms with Gasteiger partial charge < -0.3 is 0 Å². The molecular weight excluding hydrogens is 384 g/mol. The summed E-state index contributed by atoms with van der Waals surface area (Å²) in [6, 6.07) is 17.5. The lowest BCUT2D eigenvalue weighted by atomic mass is 9.89. The maximum Gasteiger partial charge on any atom is 0.174 e. The third kappa shape index (κ3) is 4.69. The smallest absolute Gasteiger partial charge is 0.174 e. The van der Waals surface area contributed by atoms with Gasteiger partial charge in [0, 0.05) is 6.20 Å². The Morgan fingerprint density at radius 1 is 0.871 bits per heavy atom. The van der Waals surface area contributed by atoms with Gasteiger partial charge in [0.15, 0.2) is 5.82 Å². The van der Waals surface area contributed by atoms with Crippen molar-refractivity contribution in [1.82, 2.24) is 30.1 Å². The summed E-state index contributed by atoms with van der Waals surface area (Å²) in [6.07, 6.45) is 11.7. The summed E-state index contributed by atoms with van der Waals surface area (Å²) in [4.78, 5) is 7.28. The van der Waals surface area contributed by atoms with Crippen molar-refractivity contribution in [2.45, 2.75) is 63.5 Å². The molecule has 3 heterocycles. The highest BCUT2D eigenvalue weighted by Crippen LogP contribution is 2.34. The monoisotopic (exact) mass is 416 g/mol. The normalized spacial score (nSPS) is 20.0. The molecule has 0 radical (unpaired) electrons. The van der Waals surface area contributed by atoms with Crippen LogP contribution in [0.2, 0.25) is 0 Å². The Hall–Kier alpha value is -2.60. The van der Waals surface area contributed by atoms with Crippen molar-refractivity contribution in [3.8, 4) is 0 Å². The van der Waals surface area contributed by atoms with Crippen LogP contribution in [0, 0.1) is 5.92 Å². The fraction of sp³-hybridized carbons (Fsp3) is 0.520. The molecule has 3 aromatic rings. The lowest BCUT2D eigenvalue weighted by Gasteiger charge is -2.37. The Morgan fingerprint density at radius 3 is 2.39 bits per heavy atom. The molecule has 2 aromatic heterocycles. The summed E-state index contributed by atoms with van der Waals surface area (Å²) in [7, 11) is 0. The molecule has 2 fully saturated rings. The molecule has 1 atom stereocenters. The number of benzene rings is 1. The molecule has 31 heavy (non-hydrogen) atoms. The van der Waals surface area contributed by atoms with E-state index in [-0.39, 0.29) is 6.04 Å². The molecular formula is C25H32N6. The number of hydrogen-bond donors (Lipinski definition) is 0. The van der Waals surface area contributed by atoms with Crippen LogP contribution in [0.1, 0.15) is 74.1 Å². The van der Waals surface area contributed by atoms with E-state index in [1.165, 1.54) is 56.9 Å². The first-order chi connectivity index (χ1) is 15.4. The highest BCUT2D eigenvalue weighted by Gasteiger charge is 2.33. The summed E-state index contributed by atoms with van der Waals surface area (Å²) >= 11 is 0. The predicted octanol–water partition coefficient (Wildman–Crippen LogP) is 4.62. The number of piperidine rings is 1. The summed E-state index contributed by atoms with van der Waals surface area (Å²) in [5, 5.41) is 13.1. The average Bonchev–Trinajstić information content (AvgIpc) is 3.32. The Labute approximate surface area is 184 Å². The molecule has 0 bridgehead atoms. The second-order valence-electron chi connectivity index (χ2n) is 9.10. The largest absolute Gasteiger partial charge is 0.288 e. The predicted molar refractivity (Wildman–Crippen MR) is 120 cm³/mol. The van der Waals surface area contributed by atoms with Crippen LogP contribution in [0.4, 0.5) is 0 Å². The minimum Gasteiger partial charge on any atom is -0.288 e. The SMILES string of the molecule is c1ccc(CC2CCN([C@H](c3ccccn3)c3nnnn3C3CCCCC3)CC2)cc1. The molecule has 1 saturated carbocycles. The molecule has 1 aliphatic carbocycles. The van der Waals surface area contributed by atoms with Crippen molar-refractivity contribution in [2.75, 3.05) is 13.1 Å². The van der Waals surface area contributed by atoms with Crippen LogP contribution in [0.25, 0.3) is 0 Å². The molecule has 1 saturated heterocycles. The summed E-state index contributed by atoms with van der Waals surface area (Å²) in [5.41, 5.74) is 2.50. The molecule has 6 nitrogen and oxygen atoms in total. The zero-order valence-electron chi connectivity index (χ0n) is 18.2. The Balaban J connectivity index is 1.36. The molecule has 5 rings (SSSR count). The lowest BCUT2D eigenvalue weighted by molar-refractivity contribution is 0.138. The van der Waals surface area contributed by atoms with E-state index < -0.39 is 0 Å². The highest BCUT2D eigenvalue weighted by molar-refractivity contribution is 5.19. The number of rotatable bonds is 6. The van der Waals surface area contributed by atoms with Crippen LogP contribution >= 0.6 is 0 Å². The van der Waals surface area contributed by atoms with E-state index in [0.29, 0.717) is 6.04 Å². The third-order valence-corrected chi connectivity index (χ3v) is 7.03. The van der Waals surface area contributed by atoms with E-state index in [4.69, 9.17) is 4.98 Å². The van der Waals surface area contributed by atoms with E-state index in [0.717, 1.165) is 30.5 Å². The van der Waals surface area contributed by atoms with Gasteiger partial charge in [-0.1, -0.05) is 55.7 Å². The number of nitrogens with zero attached hydrogens (tertiary/aromatic N) is 6. The van der Waals surface area contributed by atoms with Gasteiger partial charge in [0.2, 0.25) is 0 Å². The summed E-state index contributed by atoms with van der Waals surface area (Å²) in [5.74, 6) is 1.70. The van der Waals surface area contributed by atoms with Gasteiger partial charge in [-0.3, -0.25) is 9.88 Å². The molecule has 0 N–H and O–H groups in total. The quantitative estimate of drug-likeness (QED) is 0.587. The van der Waals surface area contributed by atoms with Crippen molar-refractivity contribution >= 4 is 0 Å². The second kappa shape index (κ2) is 9.69. The number of likely N-dealkylation sites (tertiary alicyclic amines) is 1. The molecule has 1 aliphatic heterocycles. The zero-order valence-corrected chi connectivity index (χ0v) is 18.2. The van der Waals surface area contributed by atoms with Gasteiger partial charge >= 0.3 is 0 Å². The summed E-state index contributed by atoms with van der Waals surface area (Å²) < 4.78 is 2.12. The first-order valence-corrected chi connectivity index (χ1v) is 11.8. The van der Waals surface area contributed by atoms with Gasteiger partial charge in [0.05, 0.1) is 11.7 Å². The van der Waals surface area contributed by atoms with Crippen LogP contribution in [0.5, 0.6) is 0 Å². The maximum absolute atomic E-state index is 4.73. The molecule has 0 unspecified atom stereocenters. The summed E-state index contributed by atoms with van der Waals surface area (Å²) in [6.45, 7) is 2.10. The minimum atomic E-state index is 0.0239. The first-order valence-electron chi connectivity index (χ1n) is 11.8. The molecule has 0 amide bonds. The van der Waals surface area contributed by atoms with Gasteiger partial charge in [0.1, 0.15) is 6.04 Å². The maximum atomic E-state index is 4.73. The van der Waals surface area contributed by atoms with Crippen LogP contribution in [-0.2, 0) is 6.42 Å². The fourth-order valence-electron chi connectivity index (χ4n) is 5.35. The average molecular weight is 417 g/mol. The molecule has 162 valence electrons. The molecule has 6 heteroatoms. The number of pyridine rings is 1. The van der Waals surface area contributed by atoms with Crippen LogP contribution < -0.4 is 0 Å². The van der Waals surface area contributed by atoms with Gasteiger partial charge in [-0.05, 0) is 79.2 Å². The first kappa shape index (κ1) is 20.3. The van der Waals surface area contributed by atoms with E-state index in [1.54, 1.807) is 0 Å². The van der Waals surface area contributed by atoms with Gasteiger partial charge in [0.25, 0.3) is 0 Å². The van der Waals surface area contributed by atoms with Crippen LogP contribution in [-0.4, -0.2) is 43.2 Å². The number of aromatic nitrogens is 5. The Bertz CT molecular complexity index is 927. The van der Waals surface area contributed by atoms with Crippen LogP contribution in [0.3, 0.4) is 0 Å². The Morgan fingerprint density at radius 2 is 1.65 bits per heavy atom. The fourth-order valence-corrected chi connectivity index (χ4v) is 5.35. The standard InChI is InChI=1S/C25H32N6/c1-3-9-20(10-4-1)19-21-14-17-30(18-15-21)24(23-13-7-8-16-26-23)25-27-28-29-31(25)22-11-5-2-6-12-22/h1,3-4,7-10,13,16,21-22,24H,2,5-6,11-12,14-15,17-19H2/t24-/m1/s1. The van der Waals surface area contributed by atoms with Gasteiger partial charge in [-0.25, -0.2) is 4.68 Å². The van der Waals surface area contributed by atoms with E-state index in [2.05, 4.69) is 67.6 Å². The molecule has 0 spiro atoms. The van der Waals surface area contributed by atoms with Crippen molar-refractivity contribution < 1.29 is 0 Å². The van der Waals surface area contributed by atoms with Crippen molar-refractivity contribution in [3.05, 3.63) is 71.8 Å². The van der Waals surface area contributed by atoms with E-state index >= 15 is 0 Å². The van der Waals surface area contributed by atoms with Gasteiger partial charge in [-0.15, -0.1) is 5.10 Å². The van der Waals surface area contributed by atoms with Crippen molar-refractivity contribution in [1.29, 1.82) is 0 Å². The highest BCUT2D eigenvalue weighted by atomic mass is 15.6.